The summed E-state index contributed by atoms with van der Waals surface area (Å²) in [5.41, 5.74) is -0.534. The zero-order valence-corrected chi connectivity index (χ0v) is 33.7. The number of carbonyl (C=O) groups is 6. The van der Waals surface area contributed by atoms with E-state index >= 15 is 0 Å². The topological polar surface area (TPSA) is 209 Å². The molecule has 0 saturated carbocycles. The summed E-state index contributed by atoms with van der Waals surface area (Å²) in [7, 11) is 1.27. The highest BCUT2D eigenvalue weighted by molar-refractivity contribution is 5.88. The van der Waals surface area contributed by atoms with Gasteiger partial charge in [-0.2, -0.15) is 0 Å². The Kier molecular flexibility index (Phi) is 31.8. The van der Waals surface area contributed by atoms with Crippen molar-refractivity contribution in [3.8, 4) is 0 Å². The largest absolute Gasteiger partial charge is 0.469 e. The molecule has 0 bridgehead atoms. The Hall–Kier alpha value is -3.50. The zero-order chi connectivity index (χ0) is 40.3. The van der Waals surface area contributed by atoms with Gasteiger partial charge in [-0.15, -0.1) is 0 Å². The van der Waals surface area contributed by atoms with Crippen LogP contribution in [0.1, 0.15) is 124 Å². The first kappa shape index (κ1) is 50.5. The summed E-state index contributed by atoms with van der Waals surface area (Å²) in [4.78, 5) is 72.4. The fourth-order valence-corrected chi connectivity index (χ4v) is 4.77. The highest BCUT2D eigenvalue weighted by atomic mass is 16.6. The van der Waals surface area contributed by atoms with Crippen LogP contribution < -0.4 is 26.6 Å². The molecule has 5 amide bonds. The second-order valence-electron chi connectivity index (χ2n) is 13.9. The van der Waals surface area contributed by atoms with Crippen LogP contribution in [0.5, 0.6) is 0 Å². The second-order valence-corrected chi connectivity index (χ2v) is 13.9. The average molecular weight is 774 g/mol. The lowest BCUT2D eigenvalue weighted by atomic mass is 10.1. The molecule has 314 valence electrons. The van der Waals surface area contributed by atoms with Gasteiger partial charge in [0, 0.05) is 65.1 Å². The minimum Gasteiger partial charge on any atom is -0.469 e. The van der Waals surface area contributed by atoms with Crippen molar-refractivity contribution in [3.05, 3.63) is 0 Å². The van der Waals surface area contributed by atoms with E-state index in [4.69, 9.17) is 18.9 Å². The number of nitrogens with one attached hydrogen (secondary N) is 5. The van der Waals surface area contributed by atoms with Gasteiger partial charge in [-0.3, -0.25) is 24.0 Å². The van der Waals surface area contributed by atoms with Crippen molar-refractivity contribution in [2.24, 2.45) is 0 Å². The summed E-state index contributed by atoms with van der Waals surface area (Å²) < 4.78 is 26.4. The van der Waals surface area contributed by atoms with Crippen molar-refractivity contribution in [2.45, 2.75) is 136 Å². The molecule has 0 aliphatic rings. The average Bonchev–Trinajstić information content (AvgIpc) is 3.12. The molecule has 5 N–H and O–H groups in total. The Morgan fingerprint density at radius 3 is 1.56 bits per heavy atom. The van der Waals surface area contributed by atoms with Gasteiger partial charge in [-0.25, -0.2) is 4.79 Å². The molecule has 0 aliphatic heterocycles. The van der Waals surface area contributed by atoms with Crippen LogP contribution in [0.4, 0.5) is 4.79 Å². The number of unbranched alkanes of at least 4 members (excludes halogenated alkanes) is 5. The molecule has 16 nitrogen and oxygen atoms in total. The van der Waals surface area contributed by atoms with Crippen molar-refractivity contribution in [1.29, 1.82) is 0 Å². The number of esters is 1. The Bertz CT molecular complexity index is 1040. The molecular weight excluding hydrogens is 702 g/mol. The lowest BCUT2D eigenvalue weighted by Crippen LogP contribution is -2.47. The van der Waals surface area contributed by atoms with Crippen molar-refractivity contribution in [3.63, 3.8) is 0 Å². The lowest BCUT2D eigenvalue weighted by molar-refractivity contribution is -0.141. The third-order valence-corrected chi connectivity index (χ3v) is 7.72. The maximum Gasteiger partial charge on any atom is 0.407 e. The molecule has 0 aromatic heterocycles. The molecule has 0 fully saturated rings. The van der Waals surface area contributed by atoms with E-state index in [1.807, 2.05) is 20.8 Å². The predicted octanol–water partition coefficient (Wildman–Crippen LogP) is 3.44. The van der Waals surface area contributed by atoms with E-state index in [0.717, 1.165) is 51.4 Å². The second kappa shape index (κ2) is 34.0. The van der Waals surface area contributed by atoms with Gasteiger partial charge in [-0.05, 0) is 72.1 Å². The summed E-state index contributed by atoms with van der Waals surface area (Å²) >= 11 is 0. The van der Waals surface area contributed by atoms with Gasteiger partial charge in [0.05, 0.1) is 33.5 Å². The van der Waals surface area contributed by atoms with Gasteiger partial charge in [-0.1, -0.05) is 26.2 Å². The summed E-state index contributed by atoms with van der Waals surface area (Å²) in [6, 6.07) is -0.870. The Labute approximate surface area is 323 Å². The fraction of sp³-hybridized carbons (Fsp3) is 0.842. The van der Waals surface area contributed by atoms with Gasteiger partial charge >= 0.3 is 12.1 Å². The third-order valence-electron chi connectivity index (χ3n) is 7.72. The summed E-state index contributed by atoms with van der Waals surface area (Å²) in [6.07, 6.45) is 8.40. The molecule has 0 heterocycles. The number of methoxy groups -OCH3 is 1. The fourth-order valence-electron chi connectivity index (χ4n) is 4.77. The molecule has 0 aromatic carbocycles. The highest BCUT2D eigenvalue weighted by Gasteiger charge is 2.22. The van der Waals surface area contributed by atoms with E-state index in [0.29, 0.717) is 91.5 Å². The van der Waals surface area contributed by atoms with Crippen LogP contribution in [-0.2, 0) is 47.7 Å². The number of alkyl carbamates (subject to hydrolysis) is 1. The molecular formula is C38H71N5O11. The Balaban J connectivity index is 4.00. The lowest BCUT2D eigenvalue weighted by Gasteiger charge is -2.19. The third kappa shape index (κ3) is 34.3. The van der Waals surface area contributed by atoms with Crippen LogP contribution in [0.3, 0.4) is 0 Å². The van der Waals surface area contributed by atoms with E-state index < -0.39 is 23.7 Å². The Morgan fingerprint density at radius 2 is 1.02 bits per heavy atom. The van der Waals surface area contributed by atoms with Crippen LogP contribution >= 0.6 is 0 Å². The van der Waals surface area contributed by atoms with Gasteiger partial charge in [0.15, 0.2) is 0 Å². The van der Waals surface area contributed by atoms with E-state index in [9.17, 15) is 28.8 Å². The number of hydrogen-bond acceptors (Lipinski definition) is 11. The zero-order valence-electron chi connectivity index (χ0n) is 33.7. The number of ether oxygens (including phenoxy) is 5. The van der Waals surface area contributed by atoms with Gasteiger partial charge in [0.1, 0.15) is 11.6 Å². The summed E-state index contributed by atoms with van der Waals surface area (Å²) in [5.74, 6) is -1.08. The standard InChI is InChI=1S/C38H71N5O11/c1-6-7-16-32(44)40-23-14-25-51-27-29-53-30-28-52-26-15-24-41-36(48)31(19-20-35(47)50-5)43-34(46)18-11-9-12-21-39-33(45)17-10-8-13-22-42-37(49)54-38(2,3)4/h31H,6-30H2,1-5H3,(H,39,45)(H,40,44)(H,41,48)(H,42,49)(H,43,46)/t31-/m0/s1. The van der Waals surface area contributed by atoms with Gasteiger partial charge in [0.2, 0.25) is 23.6 Å². The van der Waals surface area contributed by atoms with E-state index in [2.05, 4.69) is 38.2 Å². The first-order valence-electron chi connectivity index (χ1n) is 19.7. The molecule has 0 aromatic rings. The number of amides is 5. The SMILES string of the molecule is CCCCC(=O)NCCCOCCOCCOCCCNC(=O)[C@H](CCC(=O)OC)NC(=O)CCCCCNC(=O)CCCCCNC(=O)OC(C)(C)C. The highest BCUT2D eigenvalue weighted by Crippen LogP contribution is 2.07. The van der Waals surface area contributed by atoms with Crippen molar-refractivity contribution in [1.82, 2.24) is 26.6 Å². The van der Waals surface area contributed by atoms with E-state index in [1.54, 1.807) is 0 Å². The minimum atomic E-state index is -0.870. The molecule has 0 spiro atoms. The quantitative estimate of drug-likeness (QED) is 0.0473. The number of rotatable bonds is 34. The van der Waals surface area contributed by atoms with Crippen molar-refractivity contribution >= 4 is 35.7 Å². The van der Waals surface area contributed by atoms with E-state index in [-0.39, 0.29) is 42.9 Å². The Morgan fingerprint density at radius 1 is 0.537 bits per heavy atom. The molecule has 16 heteroatoms. The van der Waals surface area contributed by atoms with Crippen LogP contribution in [0.2, 0.25) is 0 Å². The van der Waals surface area contributed by atoms with Crippen LogP contribution in [0.25, 0.3) is 0 Å². The maximum absolute atomic E-state index is 12.8. The minimum absolute atomic E-state index is 0.0109. The number of carbonyl (C=O) groups excluding carboxylic acids is 6. The molecule has 0 radical (unpaired) electrons. The summed E-state index contributed by atoms with van der Waals surface area (Å²) in [5, 5.41) is 14.0. The van der Waals surface area contributed by atoms with Crippen molar-refractivity contribution in [2.75, 3.05) is 72.9 Å². The van der Waals surface area contributed by atoms with Crippen LogP contribution in [0.15, 0.2) is 0 Å². The van der Waals surface area contributed by atoms with Crippen LogP contribution in [0, 0.1) is 0 Å². The number of hydrogen-bond donors (Lipinski definition) is 5. The molecule has 54 heavy (non-hydrogen) atoms. The normalized spacial score (nSPS) is 11.6. The monoisotopic (exact) mass is 774 g/mol. The van der Waals surface area contributed by atoms with Crippen LogP contribution in [-0.4, -0.2) is 120 Å². The predicted molar refractivity (Wildman–Crippen MR) is 205 cm³/mol. The van der Waals surface area contributed by atoms with Gasteiger partial charge < -0.3 is 50.3 Å². The molecule has 0 saturated heterocycles. The molecule has 1 atom stereocenters. The molecule has 0 aliphatic carbocycles. The van der Waals surface area contributed by atoms with E-state index in [1.165, 1.54) is 7.11 Å². The maximum atomic E-state index is 12.8. The van der Waals surface area contributed by atoms with Crippen molar-refractivity contribution < 1.29 is 52.5 Å². The van der Waals surface area contributed by atoms with Gasteiger partial charge in [0.25, 0.3) is 0 Å². The molecule has 0 rings (SSSR count). The first-order valence-corrected chi connectivity index (χ1v) is 19.7. The molecule has 0 unspecified atom stereocenters. The summed E-state index contributed by atoms with van der Waals surface area (Å²) in [6.45, 7) is 12.1. The first-order chi connectivity index (χ1) is 25.9. The smallest absolute Gasteiger partial charge is 0.407 e.